The number of hydrogen-bond donors (Lipinski definition) is 1. The quantitative estimate of drug-likeness (QED) is 0.876. The number of β-amino-alcohol motifs (C(OH)–C–C–N with tert-alkyl or cyclic N) is 1. The minimum Gasteiger partial charge on any atom is -0.491 e. The van der Waals surface area contributed by atoms with E-state index in [-0.39, 0.29) is 12.5 Å². The average molecular weight is 292 g/mol. The lowest BCUT2D eigenvalue weighted by atomic mass is 10.2. The van der Waals surface area contributed by atoms with E-state index >= 15 is 0 Å². The number of nitrogens with zero attached hydrogens (tertiary/aromatic N) is 2. The van der Waals surface area contributed by atoms with E-state index < -0.39 is 6.10 Å². The Bertz CT molecular complexity index is 470. The van der Waals surface area contributed by atoms with E-state index in [1.54, 1.807) is 6.92 Å². The van der Waals surface area contributed by atoms with Crippen molar-refractivity contribution in [3.63, 3.8) is 0 Å². The summed E-state index contributed by atoms with van der Waals surface area (Å²) in [6.45, 7) is 7.57. The lowest BCUT2D eigenvalue weighted by Crippen LogP contribution is -2.50. The number of ether oxygens (including phenoxy) is 1. The van der Waals surface area contributed by atoms with Gasteiger partial charge in [-0.3, -0.25) is 9.69 Å². The van der Waals surface area contributed by atoms with E-state index in [0.29, 0.717) is 6.54 Å². The molecule has 21 heavy (non-hydrogen) atoms. The predicted octanol–water partition coefficient (Wildman–Crippen LogP) is 0.899. The summed E-state index contributed by atoms with van der Waals surface area (Å²) in [6.07, 6.45) is -0.519. The first kappa shape index (κ1) is 15.8. The Balaban J connectivity index is 1.70. The van der Waals surface area contributed by atoms with Crippen LogP contribution in [0, 0.1) is 6.92 Å². The Kier molecular flexibility index (Phi) is 5.59. The second-order valence-electron chi connectivity index (χ2n) is 5.59. The normalized spacial score (nSPS) is 17.6. The molecule has 0 aromatic heterocycles. The van der Waals surface area contributed by atoms with Gasteiger partial charge in [-0.25, -0.2) is 0 Å². The Morgan fingerprint density at radius 1 is 1.33 bits per heavy atom. The van der Waals surface area contributed by atoms with E-state index in [9.17, 15) is 9.90 Å². The molecule has 1 aromatic carbocycles. The van der Waals surface area contributed by atoms with E-state index in [2.05, 4.69) is 4.90 Å². The van der Waals surface area contributed by atoms with Crippen molar-refractivity contribution in [2.45, 2.75) is 20.0 Å². The van der Waals surface area contributed by atoms with Crippen molar-refractivity contribution in [3.8, 4) is 5.75 Å². The molecule has 1 saturated heterocycles. The molecule has 0 bridgehead atoms. The monoisotopic (exact) mass is 292 g/mol. The van der Waals surface area contributed by atoms with Gasteiger partial charge in [0.1, 0.15) is 18.5 Å². The van der Waals surface area contributed by atoms with Crippen LogP contribution < -0.4 is 4.74 Å². The number of carbonyl (C=O) groups is 1. The minimum atomic E-state index is -0.519. The van der Waals surface area contributed by atoms with Gasteiger partial charge in [0.15, 0.2) is 0 Å². The highest BCUT2D eigenvalue weighted by Gasteiger charge is 2.20. The first-order valence-corrected chi connectivity index (χ1v) is 7.40. The summed E-state index contributed by atoms with van der Waals surface area (Å²) in [5, 5.41) is 10.1. The van der Waals surface area contributed by atoms with Gasteiger partial charge < -0.3 is 14.7 Å². The number of hydrogen-bond acceptors (Lipinski definition) is 4. The number of rotatable bonds is 5. The highest BCUT2D eigenvalue weighted by molar-refractivity contribution is 5.73. The van der Waals surface area contributed by atoms with E-state index in [1.165, 1.54) is 0 Å². The predicted molar refractivity (Wildman–Crippen MR) is 81.4 cm³/mol. The fraction of sp³-hybridized carbons (Fsp3) is 0.562. The van der Waals surface area contributed by atoms with Crippen LogP contribution in [0.15, 0.2) is 24.3 Å². The van der Waals surface area contributed by atoms with Crippen molar-refractivity contribution in [3.05, 3.63) is 29.8 Å². The fourth-order valence-corrected chi connectivity index (χ4v) is 2.49. The Hall–Kier alpha value is -1.59. The van der Waals surface area contributed by atoms with Crippen LogP contribution in [-0.4, -0.2) is 66.2 Å². The molecule has 1 aliphatic heterocycles. The van der Waals surface area contributed by atoms with Crippen molar-refractivity contribution in [1.29, 1.82) is 0 Å². The summed E-state index contributed by atoms with van der Waals surface area (Å²) < 4.78 is 5.61. The molecule has 5 heteroatoms. The fourth-order valence-electron chi connectivity index (χ4n) is 2.49. The van der Waals surface area contributed by atoms with Gasteiger partial charge in [0, 0.05) is 39.6 Å². The third kappa shape index (κ3) is 5.02. The molecule has 1 unspecified atom stereocenters. The van der Waals surface area contributed by atoms with Crippen LogP contribution in [0.3, 0.4) is 0 Å². The number of carbonyl (C=O) groups excluding carboxylic acids is 1. The van der Waals surface area contributed by atoms with Crippen LogP contribution >= 0.6 is 0 Å². The van der Waals surface area contributed by atoms with Crippen LogP contribution in [0.2, 0.25) is 0 Å². The topological polar surface area (TPSA) is 53.0 Å². The molecule has 1 heterocycles. The molecule has 1 atom stereocenters. The summed E-state index contributed by atoms with van der Waals surface area (Å²) in [5.41, 5.74) is 1.14. The lowest BCUT2D eigenvalue weighted by Gasteiger charge is -2.35. The molecule has 1 aromatic rings. The summed E-state index contributed by atoms with van der Waals surface area (Å²) in [7, 11) is 0. The zero-order chi connectivity index (χ0) is 15.2. The van der Waals surface area contributed by atoms with Crippen molar-refractivity contribution < 1.29 is 14.6 Å². The maximum atomic E-state index is 11.3. The van der Waals surface area contributed by atoms with Gasteiger partial charge in [0.2, 0.25) is 5.91 Å². The first-order valence-electron chi connectivity index (χ1n) is 7.40. The standard InChI is InChI=1S/C16H24N2O3/c1-13-4-3-5-16(10-13)21-12-15(20)11-17-6-8-18(9-7-17)14(2)19/h3-5,10,15,20H,6-9,11-12H2,1-2H3. The molecule has 1 aliphatic rings. The molecule has 0 radical (unpaired) electrons. The second kappa shape index (κ2) is 7.43. The van der Waals surface area contributed by atoms with Gasteiger partial charge in [-0.15, -0.1) is 0 Å². The molecule has 0 saturated carbocycles. The van der Waals surface area contributed by atoms with Crippen molar-refractivity contribution in [2.24, 2.45) is 0 Å². The Labute approximate surface area is 126 Å². The Morgan fingerprint density at radius 2 is 2.05 bits per heavy atom. The summed E-state index contributed by atoms with van der Waals surface area (Å²) in [4.78, 5) is 15.3. The van der Waals surface area contributed by atoms with Crippen molar-refractivity contribution in [2.75, 3.05) is 39.3 Å². The van der Waals surface area contributed by atoms with E-state index in [0.717, 1.165) is 37.5 Å². The van der Waals surface area contributed by atoms with Crippen LogP contribution in [0.4, 0.5) is 0 Å². The highest BCUT2D eigenvalue weighted by Crippen LogP contribution is 2.12. The number of aliphatic hydroxyl groups excluding tert-OH is 1. The molecule has 0 aliphatic carbocycles. The summed E-state index contributed by atoms with van der Waals surface area (Å²) in [6, 6.07) is 7.81. The SMILES string of the molecule is CC(=O)N1CCN(CC(O)COc2cccc(C)c2)CC1. The number of aryl methyl sites for hydroxylation is 1. The van der Waals surface area contributed by atoms with E-state index in [1.807, 2.05) is 36.1 Å². The van der Waals surface area contributed by atoms with E-state index in [4.69, 9.17) is 4.74 Å². The van der Waals surface area contributed by atoms with Crippen LogP contribution in [0.1, 0.15) is 12.5 Å². The maximum Gasteiger partial charge on any atom is 0.219 e. The first-order chi connectivity index (χ1) is 10.0. The minimum absolute atomic E-state index is 0.123. The molecular formula is C16H24N2O3. The largest absolute Gasteiger partial charge is 0.491 e. The molecular weight excluding hydrogens is 268 g/mol. The summed E-state index contributed by atoms with van der Waals surface area (Å²) in [5.74, 6) is 0.911. The third-order valence-corrected chi connectivity index (χ3v) is 3.72. The smallest absolute Gasteiger partial charge is 0.219 e. The van der Waals surface area contributed by atoms with Crippen molar-refractivity contribution in [1.82, 2.24) is 9.80 Å². The molecule has 1 amide bonds. The zero-order valence-electron chi connectivity index (χ0n) is 12.8. The molecule has 116 valence electrons. The molecule has 1 N–H and O–H groups in total. The van der Waals surface area contributed by atoms with Gasteiger partial charge in [0.05, 0.1) is 0 Å². The number of piperazine rings is 1. The average Bonchev–Trinajstić information content (AvgIpc) is 2.46. The highest BCUT2D eigenvalue weighted by atomic mass is 16.5. The Morgan fingerprint density at radius 3 is 2.67 bits per heavy atom. The summed E-state index contributed by atoms with van der Waals surface area (Å²) >= 11 is 0. The van der Waals surface area contributed by atoms with Gasteiger partial charge in [-0.2, -0.15) is 0 Å². The molecule has 1 fully saturated rings. The van der Waals surface area contributed by atoms with Crippen LogP contribution in [-0.2, 0) is 4.79 Å². The maximum absolute atomic E-state index is 11.3. The number of amides is 1. The van der Waals surface area contributed by atoms with Gasteiger partial charge in [-0.05, 0) is 24.6 Å². The third-order valence-electron chi connectivity index (χ3n) is 3.72. The zero-order valence-corrected chi connectivity index (χ0v) is 12.8. The van der Waals surface area contributed by atoms with Crippen LogP contribution in [0.25, 0.3) is 0 Å². The number of benzene rings is 1. The van der Waals surface area contributed by atoms with Gasteiger partial charge in [0.25, 0.3) is 0 Å². The number of aliphatic hydroxyl groups is 1. The molecule has 2 rings (SSSR count). The lowest BCUT2D eigenvalue weighted by molar-refractivity contribution is -0.130. The second-order valence-corrected chi connectivity index (χ2v) is 5.59. The van der Waals surface area contributed by atoms with Gasteiger partial charge in [-0.1, -0.05) is 12.1 Å². The molecule has 5 nitrogen and oxygen atoms in total. The van der Waals surface area contributed by atoms with Crippen molar-refractivity contribution >= 4 is 5.91 Å². The van der Waals surface area contributed by atoms with Crippen LogP contribution in [0.5, 0.6) is 5.75 Å². The molecule has 0 spiro atoms. The van der Waals surface area contributed by atoms with Gasteiger partial charge >= 0.3 is 0 Å².